The van der Waals surface area contributed by atoms with E-state index in [9.17, 15) is 9.18 Å². The molecule has 1 aromatic rings. The van der Waals surface area contributed by atoms with Gasteiger partial charge in [-0.05, 0) is 30.7 Å². The van der Waals surface area contributed by atoms with E-state index >= 15 is 0 Å². The van der Waals surface area contributed by atoms with Gasteiger partial charge in [-0.1, -0.05) is 6.07 Å². The summed E-state index contributed by atoms with van der Waals surface area (Å²) in [6.07, 6.45) is 2.65. The van der Waals surface area contributed by atoms with Gasteiger partial charge < -0.3 is 4.74 Å². The SMILES string of the molecule is CCOC(=O)/C=C/c1ccc(C#N)c(F)c1. The fraction of sp³-hybridized carbons (Fsp3) is 0.167. The molecule has 0 N–H and O–H groups in total. The summed E-state index contributed by atoms with van der Waals surface area (Å²) in [6.45, 7) is 2.00. The average molecular weight is 219 g/mol. The lowest BCUT2D eigenvalue weighted by molar-refractivity contribution is -0.137. The highest BCUT2D eigenvalue weighted by molar-refractivity contribution is 5.87. The van der Waals surface area contributed by atoms with Gasteiger partial charge in [0.15, 0.2) is 0 Å². The molecule has 0 spiro atoms. The first kappa shape index (κ1) is 11.9. The highest BCUT2D eigenvalue weighted by Crippen LogP contribution is 2.10. The Balaban J connectivity index is 2.80. The second-order valence-electron chi connectivity index (χ2n) is 2.94. The average Bonchev–Trinajstić information content (AvgIpc) is 2.27. The Kier molecular flexibility index (Phi) is 4.22. The van der Waals surface area contributed by atoms with Crippen molar-refractivity contribution in [1.29, 1.82) is 5.26 Å². The topological polar surface area (TPSA) is 50.1 Å². The molecule has 0 atom stereocenters. The van der Waals surface area contributed by atoms with Crippen molar-refractivity contribution in [3.05, 3.63) is 41.2 Å². The molecule has 82 valence electrons. The van der Waals surface area contributed by atoms with Crippen LogP contribution in [0.4, 0.5) is 4.39 Å². The van der Waals surface area contributed by atoms with Gasteiger partial charge in [-0.25, -0.2) is 9.18 Å². The first-order valence-electron chi connectivity index (χ1n) is 4.72. The smallest absolute Gasteiger partial charge is 0.330 e. The maximum Gasteiger partial charge on any atom is 0.330 e. The third-order valence-corrected chi connectivity index (χ3v) is 1.81. The number of carbonyl (C=O) groups is 1. The molecule has 0 radical (unpaired) electrons. The molecule has 0 bridgehead atoms. The molecule has 0 unspecified atom stereocenters. The number of hydrogen-bond acceptors (Lipinski definition) is 3. The van der Waals surface area contributed by atoms with Crippen LogP contribution in [-0.4, -0.2) is 12.6 Å². The van der Waals surface area contributed by atoms with E-state index in [0.717, 1.165) is 0 Å². The van der Waals surface area contributed by atoms with Gasteiger partial charge in [0.05, 0.1) is 12.2 Å². The lowest BCUT2D eigenvalue weighted by Gasteiger charge is -1.97. The van der Waals surface area contributed by atoms with Crippen LogP contribution in [0.3, 0.4) is 0 Å². The van der Waals surface area contributed by atoms with Gasteiger partial charge in [-0.3, -0.25) is 0 Å². The van der Waals surface area contributed by atoms with E-state index < -0.39 is 11.8 Å². The van der Waals surface area contributed by atoms with Gasteiger partial charge in [-0.2, -0.15) is 5.26 Å². The van der Waals surface area contributed by atoms with Crippen molar-refractivity contribution < 1.29 is 13.9 Å². The zero-order chi connectivity index (χ0) is 12.0. The Morgan fingerprint density at radius 1 is 1.62 bits per heavy atom. The largest absolute Gasteiger partial charge is 0.463 e. The van der Waals surface area contributed by atoms with E-state index in [0.29, 0.717) is 12.2 Å². The monoisotopic (exact) mass is 219 g/mol. The van der Waals surface area contributed by atoms with Crippen LogP contribution in [0.15, 0.2) is 24.3 Å². The molecule has 1 aromatic carbocycles. The summed E-state index contributed by atoms with van der Waals surface area (Å²) in [5.41, 5.74) is 0.484. The summed E-state index contributed by atoms with van der Waals surface area (Å²) in [6, 6.07) is 5.82. The Morgan fingerprint density at radius 3 is 2.94 bits per heavy atom. The van der Waals surface area contributed by atoms with Crippen molar-refractivity contribution in [3.63, 3.8) is 0 Å². The molecule has 16 heavy (non-hydrogen) atoms. The van der Waals surface area contributed by atoms with E-state index in [2.05, 4.69) is 4.74 Å². The second kappa shape index (κ2) is 5.66. The zero-order valence-electron chi connectivity index (χ0n) is 8.74. The third-order valence-electron chi connectivity index (χ3n) is 1.81. The lowest BCUT2D eigenvalue weighted by Crippen LogP contribution is -1.98. The Bertz CT molecular complexity index is 461. The van der Waals surface area contributed by atoms with E-state index in [4.69, 9.17) is 5.26 Å². The molecule has 3 nitrogen and oxygen atoms in total. The molecule has 4 heteroatoms. The van der Waals surface area contributed by atoms with Crippen molar-refractivity contribution in [3.8, 4) is 6.07 Å². The Labute approximate surface area is 92.8 Å². The van der Waals surface area contributed by atoms with Crippen LogP contribution in [0.1, 0.15) is 18.1 Å². The number of benzene rings is 1. The van der Waals surface area contributed by atoms with Crippen LogP contribution < -0.4 is 0 Å². The lowest BCUT2D eigenvalue weighted by atomic mass is 10.1. The fourth-order valence-electron chi connectivity index (χ4n) is 1.08. The normalized spacial score (nSPS) is 10.1. The minimum absolute atomic E-state index is 0.0201. The molecular formula is C12H10FNO2. The summed E-state index contributed by atoms with van der Waals surface area (Å²) in [4.78, 5) is 11.0. The molecule has 0 aliphatic carbocycles. The predicted molar refractivity (Wildman–Crippen MR) is 56.8 cm³/mol. The number of rotatable bonds is 3. The zero-order valence-corrected chi connectivity index (χ0v) is 8.74. The number of nitriles is 1. The third kappa shape index (κ3) is 3.21. The molecule has 0 fully saturated rings. The molecule has 0 heterocycles. The van der Waals surface area contributed by atoms with Crippen LogP contribution in [0.25, 0.3) is 6.08 Å². The molecule has 0 aliphatic heterocycles. The van der Waals surface area contributed by atoms with Crippen LogP contribution in [0.5, 0.6) is 0 Å². The number of esters is 1. The molecule has 0 saturated heterocycles. The number of nitrogens with zero attached hydrogens (tertiary/aromatic N) is 1. The number of ether oxygens (including phenoxy) is 1. The highest BCUT2D eigenvalue weighted by atomic mass is 19.1. The fourth-order valence-corrected chi connectivity index (χ4v) is 1.08. The highest BCUT2D eigenvalue weighted by Gasteiger charge is 2.01. The van der Waals surface area contributed by atoms with Crippen LogP contribution in [-0.2, 0) is 9.53 Å². The van der Waals surface area contributed by atoms with Crippen molar-refractivity contribution in [2.45, 2.75) is 6.92 Å². The molecule has 1 rings (SSSR count). The van der Waals surface area contributed by atoms with Crippen molar-refractivity contribution in [2.75, 3.05) is 6.61 Å². The van der Waals surface area contributed by atoms with Gasteiger partial charge in [0.25, 0.3) is 0 Å². The molecular weight excluding hydrogens is 209 g/mol. The van der Waals surface area contributed by atoms with Gasteiger partial charge in [-0.15, -0.1) is 0 Å². The van der Waals surface area contributed by atoms with E-state index in [1.807, 2.05) is 0 Å². The maximum absolute atomic E-state index is 13.2. The van der Waals surface area contributed by atoms with Crippen molar-refractivity contribution >= 4 is 12.0 Å². The predicted octanol–water partition coefficient (Wildman–Crippen LogP) is 2.27. The van der Waals surface area contributed by atoms with Crippen LogP contribution >= 0.6 is 0 Å². The second-order valence-corrected chi connectivity index (χ2v) is 2.94. The van der Waals surface area contributed by atoms with Gasteiger partial charge in [0, 0.05) is 6.08 Å². The van der Waals surface area contributed by atoms with Gasteiger partial charge >= 0.3 is 5.97 Å². The molecule has 0 amide bonds. The summed E-state index contributed by atoms with van der Waals surface area (Å²) in [7, 11) is 0. The molecule has 0 saturated carbocycles. The standard InChI is InChI=1S/C12H10FNO2/c1-2-16-12(15)6-4-9-3-5-10(8-14)11(13)7-9/h3-7H,2H2,1H3/b6-4+. The summed E-state index contributed by atoms with van der Waals surface area (Å²) >= 11 is 0. The minimum atomic E-state index is -0.603. The Morgan fingerprint density at radius 2 is 2.38 bits per heavy atom. The maximum atomic E-state index is 13.2. The van der Waals surface area contributed by atoms with E-state index in [1.165, 1.54) is 24.3 Å². The summed E-state index contributed by atoms with van der Waals surface area (Å²) in [5.74, 6) is -1.08. The van der Waals surface area contributed by atoms with Crippen molar-refractivity contribution in [2.24, 2.45) is 0 Å². The minimum Gasteiger partial charge on any atom is -0.463 e. The molecule has 0 aliphatic rings. The van der Waals surface area contributed by atoms with E-state index in [-0.39, 0.29) is 5.56 Å². The number of carbonyl (C=O) groups excluding carboxylic acids is 1. The number of halogens is 1. The summed E-state index contributed by atoms with van der Waals surface area (Å²) < 4.78 is 17.8. The number of hydrogen-bond donors (Lipinski definition) is 0. The van der Waals surface area contributed by atoms with Crippen LogP contribution in [0, 0.1) is 17.1 Å². The van der Waals surface area contributed by atoms with Gasteiger partial charge in [0.2, 0.25) is 0 Å². The molecule has 0 aromatic heterocycles. The summed E-state index contributed by atoms with van der Waals surface area (Å²) in [5, 5.41) is 8.52. The van der Waals surface area contributed by atoms with Gasteiger partial charge in [0.1, 0.15) is 11.9 Å². The first-order chi connectivity index (χ1) is 7.67. The van der Waals surface area contributed by atoms with Crippen LogP contribution in [0.2, 0.25) is 0 Å². The Hall–Kier alpha value is -2.15. The quantitative estimate of drug-likeness (QED) is 0.578. The first-order valence-corrected chi connectivity index (χ1v) is 4.72. The van der Waals surface area contributed by atoms with Crippen molar-refractivity contribution in [1.82, 2.24) is 0 Å². The van der Waals surface area contributed by atoms with E-state index in [1.54, 1.807) is 19.1 Å².